The zero-order valence-corrected chi connectivity index (χ0v) is 13.4. The Labute approximate surface area is 131 Å². The molecule has 2 fully saturated rings. The smallest absolute Gasteiger partial charge is 0.227 e. The van der Waals surface area contributed by atoms with E-state index < -0.39 is 0 Å². The van der Waals surface area contributed by atoms with Crippen LogP contribution in [-0.2, 0) is 11.2 Å². The number of hydrogen-bond donors (Lipinski definition) is 0. The van der Waals surface area contributed by atoms with Crippen LogP contribution in [-0.4, -0.2) is 23.4 Å². The molecule has 0 atom stereocenters. The first kappa shape index (κ1) is 13.9. The zero-order chi connectivity index (χ0) is 15.3. The maximum Gasteiger partial charge on any atom is 0.227 e. The summed E-state index contributed by atoms with van der Waals surface area (Å²) in [6.07, 6.45) is 7.20. The topological polar surface area (TPSA) is 33.5 Å². The second-order valence-corrected chi connectivity index (χ2v) is 7.09. The Morgan fingerprint density at radius 1 is 1.18 bits per heavy atom. The molecule has 1 heterocycles. The molecule has 0 spiro atoms. The highest BCUT2D eigenvalue weighted by Crippen LogP contribution is 2.35. The number of carbonyl (C=O) groups excluding carboxylic acids is 1. The van der Waals surface area contributed by atoms with Crippen molar-refractivity contribution in [2.75, 3.05) is 6.54 Å². The minimum Gasteiger partial charge on any atom is -0.464 e. The van der Waals surface area contributed by atoms with E-state index in [0.29, 0.717) is 12.5 Å². The van der Waals surface area contributed by atoms with Crippen LogP contribution in [0, 0.1) is 19.8 Å². The molecule has 0 unspecified atom stereocenters. The molecule has 1 amide bonds. The number of benzene rings is 1. The molecule has 2 saturated carbocycles. The van der Waals surface area contributed by atoms with Gasteiger partial charge in [0.05, 0.1) is 12.7 Å². The lowest BCUT2D eigenvalue weighted by molar-refractivity contribution is -0.131. The molecule has 4 rings (SSSR count). The van der Waals surface area contributed by atoms with Crippen LogP contribution in [0.1, 0.15) is 42.4 Å². The van der Waals surface area contributed by atoms with E-state index in [1.807, 2.05) is 0 Å². The summed E-state index contributed by atoms with van der Waals surface area (Å²) in [5.41, 5.74) is 4.41. The fraction of sp³-hybridized carbons (Fsp3) is 0.526. The van der Waals surface area contributed by atoms with Crippen LogP contribution in [0.5, 0.6) is 0 Å². The molecule has 2 aliphatic carbocycles. The second-order valence-electron chi connectivity index (χ2n) is 7.09. The Morgan fingerprint density at radius 2 is 1.91 bits per heavy atom. The summed E-state index contributed by atoms with van der Waals surface area (Å²) in [4.78, 5) is 14.9. The van der Waals surface area contributed by atoms with Gasteiger partial charge in [-0.2, -0.15) is 0 Å². The molecular weight excluding hydrogens is 274 g/mol. The van der Waals surface area contributed by atoms with Crippen molar-refractivity contribution in [2.45, 2.75) is 52.0 Å². The third-order valence-corrected chi connectivity index (χ3v) is 5.07. The SMILES string of the molecule is Cc1cc2occ(CC(=O)N(CC3CC3)C3CC3)c2cc1C. The lowest BCUT2D eigenvalue weighted by Gasteiger charge is -2.22. The van der Waals surface area contributed by atoms with E-state index in [1.54, 1.807) is 6.26 Å². The molecule has 1 aromatic heterocycles. The van der Waals surface area contributed by atoms with Crippen molar-refractivity contribution in [2.24, 2.45) is 5.92 Å². The van der Waals surface area contributed by atoms with Crippen molar-refractivity contribution in [1.82, 2.24) is 4.90 Å². The molecule has 22 heavy (non-hydrogen) atoms. The van der Waals surface area contributed by atoms with Gasteiger partial charge in [0.25, 0.3) is 0 Å². The van der Waals surface area contributed by atoms with E-state index in [0.717, 1.165) is 29.0 Å². The number of hydrogen-bond acceptors (Lipinski definition) is 2. The summed E-state index contributed by atoms with van der Waals surface area (Å²) in [6.45, 7) is 5.17. The van der Waals surface area contributed by atoms with Gasteiger partial charge in [0, 0.05) is 23.5 Å². The van der Waals surface area contributed by atoms with E-state index in [4.69, 9.17) is 4.42 Å². The third-order valence-electron chi connectivity index (χ3n) is 5.07. The van der Waals surface area contributed by atoms with Crippen LogP contribution in [0.25, 0.3) is 11.0 Å². The van der Waals surface area contributed by atoms with E-state index in [9.17, 15) is 4.79 Å². The lowest BCUT2D eigenvalue weighted by atomic mass is 10.0. The molecule has 0 N–H and O–H groups in total. The highest BCUT2D eigenvalue weighted by molar-refractivity contribution is 5.88. The Bertz CT molecular complexity index is 722. The highest BCUT2D eigenvalue weighted by atomic mass is 16.3. The third kappa shape index (κ3) is 2.65. The summed E-state index contributed by atoms with van der Waals surface area (Å²) >= 11 is 0. The van der Waals surface area contributed by atoms with Crippen molar-refractivity contribution < 1.29 is 9.21 Å². The predicted molar refractivity (Wildman–Crippen MR) is 86.9 cm³/mol. The van der Waals surface area contributed by atoms with Crippen molar-refractivity contribution in [3.05, 3.63) is 35.1 Å². The Balaban J connectivity index is 1.56. The average Bonchev–Trinajstić information content (AvgIpc) is 3.38. The molecule has 116 valence electrons. The average molecular weight is 297 g/mol. The fourth-order valence-electron chi connectivity index (χ4n) is 3.16. The fourth-order valence-corrected chi connectivity index (χ4v) is 3.16. The predicted octanol–water partition coefficient (Wildman–Crippen LogP) is 3.99. The zero-order valence-electron chi connectivity index (χ0n) is 13.4. The van der Waals surface area contributed by atoms with E-state index in [1.165, 1.54) is 36.8 Å². The van der Waals surface area contributed by atoms with E-state index in [-0.39, 0.29) is 5.91 Å². The van der Waals surface area contributed by atoms with Crippen LogP contribution in [0.15, 0.2) is 22.8 Å². The van der Waals surface area contributed by atoms with Gasteiger partial charge in [-0.3, -0.25) is 4.79 Å². The van der Waals surface area contributed by atoms with Gasteiger partial charge in [0.15, 0.2) is 0 Å². The Morgan fingerprint density at radius 3 is 2.59 bits per heavy atom. The monoisotopic (exact) mass is 297 g/mol. The van der Waals surface area contributed by atoms with Gasteiger partial charge in [0.2, 0.25) is 5.91 Å². The molecular formula is C19H23NO2. The van der Waals surface area contributed by atoms with Gasteiger partial charge in [0.1, 0.15) is 5.58 Å². The minimum absolute atomic E-state index is 0.273. The first-order valence-electron chi connectivity index (χ1n) is 8.38. The maximum absolute atomic E-state index is 12.7. The number of rotatable bonds is 5. The van der Waals surface area contributed by atoms with E-state index >= 15 is 0 Å². The lowest BCUT2D eigenvalue weighted by Crippen LogP contribution is -2.36. The molecule has 0 bridgehead atoms. The molecule has 3 heteroatoms. The van der Waals surface area contributed by atoms with Crippen molar-refractivity contribution in [1.29, 1.82) is 0 Å². The molecule has 1 aromatic carbocycles. The normalized spacial score (nSPS) is 17.9. The van der Waals surface area contributed by atoms with Crippen molar-refractivity contribution >= 4 is 16.9 Å². The summed E-state index contributed by atoms with van der Waals surface area (Å²) < 4.78 is 5.66. The van der Waals surface area contributed by atoms with Crippen molar-refractivity contribution in [3.63, 3.8) is 0 Å². The quantitative estimate of drug-likeness (QED) is 0.836. The van der Waals surface area contributed by atoms with Gasteiger partial charge >= 0.3 is 0 Å². The van der Waals surface area contributed by atoms with E-state index in [2.05, 4.69) is 30.9 Å². The van der Waals surface area contributed by atoms with Gasteiger partial charge in [-0.1, -0.05) is 0 Å². The number of furan rings is 1. The first-order chi connectivity index (χ1) is 10.6. The van der Waals surface area contributed by atoms with Gasteiger partial charge in [-0.05, 0) is 68.7 Å². The van der Waals surface area contributed by atoms with Gasteiger partial charge in [-0.15, -0.1) is 0 Å². The summed E-state index contributed by atoms with van der Waals surface area (Å²) in [6, 6.07) is 4.73. The molecule has 0 radical (unpaired) electrons. The number of aryl methyl sites for hydroxylation is 2. The minimum atomic E-state index is 0.273. The van der Waals surface area contributed by atoms with Gasteiger partial charge in [-0.25, -0.2) is 0 Å². The molecule has 3 nitrogen and oxygen atoms in total. The van der Waals surface area contributed by atoms with Crippen LogP contribution in [0.4, 0.5) is 0 Å². The van der Waals surface area contributed by atoms with Gasteiger partial charge < -0.3 is 9.32 Å². The molecule has 2 aromatic rings. The standard InChI is InChI=1S/C19H23NO2/c1-12-7-17-15(11-22-18(17)8-13(12)2)9-19(21)20(16-5-6-16)10-14-3-4-14/h7-8,11,14,16H,3-6,9-10H2,1-2H3. The number of carbonyl (C=O) groups is 1. The number of nitrogens with zero attached hydrogens (tertiary/aromatic N) is 1. The first-order valence-corrected chi connectivity index (χ1v) is 8.38. The largest absolute Gasteiger partial charge is 0.464 e. The second kappa shape index (κ2) is 5.15. The maximum atomic E-state index is 12.7. The molecule has 0 saturated heterocycles. The summed E-state index contributed by atoms with van der Waals surface area (Å²) in [5, 5.41) is 1.10. The Hall–Kier alpha value is -1.77. The van der Waals surface area contributed by atoms with Crippen LogP contribution >= 0.6 is 0 Å². The summed E-state index contributed by atoms with van der Waals surface area (Å²) in [5.74, 6) is 1.03. The summed E-state index contributed by atoms with van der Waals surface area (Å²) in [7, 11) is 0. The molecule has 0 aliphatic heterocycles. The van der Waals surface area contributed by atoms with Crippen LogP contribution in [0.2, 0.25) is 0 Å². The van der Waals surface area contributed by atoms with Crippen molar-refractivity contribution in [3.8, 4) is 0 Å². The number of fused-ring (bicyclic) bond motifs is 1. The van der Waals surface area contributed by atoms with Crippen LogP contribution < -0.4 is 0 Å². The highest BCUT2D eigenvalue weighted by Gasteiger charge is 2.36. The Kier molecular flexibility index (Phi) is 3.24. The van der Waals surface area contributed by atoms with Crippen LogP contribution in [0.3, 0.4) is 0 Å². The molecule has 2 aliphatic rings. The number of amides is 1.